The van der Waals surface area contributed by atoms with Crippen LogP contribution in [0.25, 0.3) is 6.08 Å². The number of benzene rings is 1. The van der Waals surface area contributed by atoms with Gasteiger partial charge in [0.25, 0.3) is 0 Å². The number of nitrogens with one attached hydrogen (secondary N) is 1. The van der Waals surface area contributed by atoms with Gasteiger partial charge in [0.05, 0.1) is 7.11 Å². The van der Waals surface area contributed by atoms with Crippen molar-refractivity contribution in [2.75, 3.05) is 7.11 Å². The van der Waals surface area contributed by atoms with Crippen LogP contribution in [-0.2, 0) is 14.3 Å². The second-order valence-corrected chi connectivity index (χ2v) is 5.70. The Kier molecular flexibility index (Phi) is 5.55. The second-order valence-electron chi connectivity index (χ2n) is 5.26. The van der Waals surface area contributed by atoms with E-state index in [9.17, 15) is 14.0 Å². The zero-order chi connectivity index (χ0) is 16.1. The summed E-state index contributed by atoms with van der Waals surface area (Å²) in [4.78, 5) is 23.5. The summed E-state index contributed by atoms with van der Waals surface area (Å²) in [6, 6.07) is 3.52. The van der Waals surface area contributed by atoms with Gasteiger partial charge in [-0.3, -0.25) is 4.79 Å². The van der Waals surface area contributed by atoms with Crippen LogP contribution >= 0.6 is 11.6 Å². The molecule has 0 bridgehead atoms. The van der Waals surface area contributed by atoms with E-state index in [0.717, 1.165) is 12.8 Å². The van der Waals surface area contributed by atoms with Gasteiger partial charge < -0.3 is 10.1 Å². The smallest absolute Gasteiger partial charge is 0.328 e. The highest BCUT2D eigenvalue weighted by atomic mass is 35.5. The lowest BCUT2D eigenvalue weighted by molar-refractivity contribution is -0.144. The number of carbonyl (C=O) groups is 2. The lowest BCUT2D eigenvalue weighted by Gasteiger charge is -2.14. The predicted octanol–water partition coefficient (Wildman–Crippen LogP) is 2.95. The molecule has 1 aliphatic rings. The van der Waals surface area contributed by atoms with E-state index < -0.39 is 23.7 Å². The maximum absolute atomic E-state index is 13.6. The van der Waals surface area contributed by atoms with Gasteiger partial charge in [0, 0.05) is 16.7 Å². The summed E-state index contributed by atoms with van der Waals surface area (Å²) >= 11 is 5.66. The highest BCUT2D eigenvalue weighted by molar-refractivity contribution is 6.30. The molecule has 6 heteroatoms. The lowest BCUT2D eigenvalue weighted by atomic mass is 10.1. The first-order chi connectivity index (χ1) is 10.5. The van der Waals surface area contributed by atoms with Gasteiger partial charge in [-0.25, -0.2) is 9.18 Å². The van der Waals surface area contributed by atoms with Crippen molar-refractivity contribution in [3.63, 3.8) is 0 Å². The third kappa shape index (κ3) is 4.84. The van der Waals surface area contributed by atoms with Crippen molar-refractivity contribution in [3.8, 4) is 0 Å². The number of hydrogen-bond donors (Lipinski definition) is 1. The quantitative estimate of drug-likeness (QED) is 0.646. The van der Waals surface area contributed by atoms with Gasteiger partial charge in [0.15, 0.2) is 0 Å². The molecule has 118 valence electrons. The standard InChI is InChI=1S/C16H17ClFNO3/c1-22-16(21)14(8-10-2-3-10)19-15(20)7-5-11-4-6-12(17)9-13(11)18/h4-7,9-10,14H,2-3,8H2,1H3,(H,19,20). The van der Waals surface area contributed by atoms with Crippen LogP contribution in [-0.4, -0.2) is 25.0 Å². The Bertz CT molecular complexity index is 599. The van der Waals surface area contributed by atoms with Crippen LogP contribution in [0.3, 0.4) is 0 Å². The molecule has 1 amide bonds. The average molecular weight is 326 g/mol. The largest absolute Gasteiger partial charge is 0.467 e. The predicted molar refractivity (Wildman–Crippen MR) is 81.7 cm³/mol. The fourth-order valence-corrected chi connectivity index (χ4v) is 2.22. The SMILES string of the molecule is COC(=O)C(CC1CC1)NC(=O)C=Cc1ccc(Cl)cc1F. The molecule has 1 aromatic carbocycles. The fraction of sp³-hybridized carbons (Fsp3) is 0.375. The molecule has 1 aliphatic carbocycles. The number of halogens is 2. The monoisotopic (exact) mass is 325 g/mol. The van der Waals surface area contributed by atoms with Crippen molar-refractivity contribution in [2.24, 2.45) is 5.92 Å². The molecule has 1 unspecified atom stereocenters. The van der Waals surface area contributed by atoms with Gasteiger partial charge in [-0.1, -0.05) is 30.5 Å². The van der Waals surface area contributed by atoms with Gasteiger partial charge in [-0.15, -0.1) is 0 Å². The van der Waals surface area contributed by atoms with E-state index in [1.54, 1.807) is 0 Å². The van der Waals surface area contributed by atoms with E-state index >= 15 is 0 Å². The van der Waals surface area contributed by atoms with Crippen LogP contribution < -0.4 is 5.32 Å². The first kappa shape index (κ1) is 16.5. The third-order valence-corrected chi connectivity index (χ3v) is 3.68. The van der Waals surface area contributed by atoms with E-state index in [1.807, 2.05) is 0 Å². The summed E-state index contributed by atoms with van der Waals surface area (Å²) in [5.41, 5.74) is 0.247. The highest BCUT2D eigenvalue weighted by Gasteiger charge is 2.30. The minimum atomic E-state index is -0.662. The number of rotatable bonds is 6. The Hall–Kier alpha value is -1.88. The molecule has 1 N–H and O–H groups in total. The molecule has 0 saturated heterocycles. The van der Waals surface area contributed by atoms with E-state index in [2.05, 4.69) is 10.1 Å². The van der Waals surface area contributed by atoms with Crippen molar-refractivity contribution in [2.45, 2.75) is 25.3 Å². The third-order valence-electron chi connectivity index (χ3n) is 3.44. The molecule has 1 fully saturated rings. The van der Waals surface area contributed by atoms with E-state index in [-0.39, 0.29) is 10.6 Å². The molecule has 0 heterocycles. The first-order valence-corrected chi connectivity index (χ1v) is 7.39. The van der Waals surface area contributed by atoms with E-state index in [0.29, 0.717) is 12.3 Å². The molecular weight excluding hydrogens is 309 g/mol. The summed E-state index contributed by atoms with van der Waals surface area (Å²) in [6.45, 7) is 0. The second kappa shape index (κ2) is 7.40. The first-order valence-electron chi connectivity index (χ1n) is 7.01. The maximum Gasteiger partial charge on any atom is 0.328 e. The normalized spacial score (nSPS) is 15.6. The van der Waals surface area contributed by atoms with Crippen molar-refractivity contribution >= 4 is 29.6 Å². The Balaban J connectivity index is 1.97. The average Bonchev–Trinajstić information content (AvgIpc) is 3.29. The molecule has 0 radical (unpaired) electrons. The summed E-state index contributed by atoms with van der Waals surface area (Å²) in [6.07, 6.45) is 5.23. The van der Waals surface area contributed by atoms with E-state index in [4.69, 9.17) is 11.6 Å². The maximum atomic E-state index is 13.6. The van der Waals surface area contributed by atoms with Crippen molar-refractivity contribution in [3.05, 3.63) is 40.7 Å². The molecule has 0 aliphatic heterocycles. The van der Waals surface area contributed by atoms with E-state index in [1.165, 1.54) is 37.5 Å². The summed E-state index contributed by atoms with van der Waals surface area (Å²) in [5.74, 6) is -0.988. The summed E-state index contributed by atoms with van der Waals surface area (Å²) in [5, 5.41) is 2.88. The number of esters is 1. The molecule has 4 nitrogen and oxygen atoms in total. The number of methoxy groups -OCH3 is 1. The molecule has 1 aromatic rings. The molecule has 0 spiro atoms. The molecular formula is C16H17ClFNO3. The Morgan fingerprint density at radius 1 is 1.50 bits per heavy atom. The molecule has 0 aromatic heterocycles. The van der Waals surface area contributed by atoms with Gasteiger partial charge >= 0.3 is 5.97 Å². The molecule has 1 saturated carbocycles. The van der Waals surface area contributed by atoms with Crippen LogP contribution in [0.1, 0.15) is 24.8 Å². The Morgan fingerprint density at radius 2 is 2.23 bits per heavy atom. The summed E-state index contributed by atoms with van der Waals surface area (Å²) < 4.78 is 18.3. The van der Waals surface area contributed by atoms with Gasteiger partial charge in [0.1, 0.15) is 11.9 Å². The molecule has 2 rings (SSSR count). The number of carbonyl (C=O) groups excluding carboxylic acids is 2. The van der Waals surface area contributed by atoms with Crippen molar-refractivity contribution in [1.29, 1.82) is 0 Å². The Labute approximate surface area is 133 Å². The van der Waals surface area contributed by atoms with Gasteiger partial charge in [-0.05, 0) is 30.5 Å². The van der Waals surface area contributed by atoms with Crippen LogP contribution in [0.15, 0.2) is 24.3 Å². The topological polar surface area (TPSA) is 55.4 Å². The molecule has 1 atom stereocenters. The number of amides is 1. The van der Waals surface area contributed by atoms with Gasteiger partial charge in [0.2, 0.25) is 5.91 Å². The Morgan fingerprint density at radius 3 is 2.82 bits per heavy atom. The fourth-order valence-electron chi connectivity index (χ4n) is 2.07. The van der Waals surface area contributed by atoms with Crippen LogP contribution in [0.2, 0.25) is 5.02 Å². The lowest BCUT2D eigenvalue weighted by Crippen LogP contribution is -2.41. The number of hydrogen-bond acceptors (Lipinski definition) is 3. The number of ether oxygens (including phenoxy) is 1. The zero-order valence-electron chi connectivity index (χ0n) is 12.1. The van der Waals surface area contributed by atoms with Crippen LogP contribution in [0.4, 0.5) is 4.39 Å². The summed E-state index contributed by atoms with van der Waals surface area (Å²) in [7, 11) is 1.29. The minimum Gasteiger partial charge on any atom is -0.467 e. The van der Waals surface area contributed by atoms with Crippen LogP contribution in [0, 0.1) is 11.7 Å². The zero-order valence-corrected chi connectivity index (χ0v) is 12.9. The molecule has 22 heavy (non-hydrogen) atoms. The van der Waals surface area contributed by atoms with Gasteiger partial charge in [-0.2, -0.15) is 0 Å². The van der Waals surface area contributed by atoms with Crippen molar-refractivity contribution < 1.29 is 18.7 Å². The van der Waals surface area contributed by atoms with Crippen molar-refractivity contribution in [1.82, 2.24) is 5.32 Å². The minimum absolute atomic E-state index is 0.247. The van der Waals surface area contributed by atoms with Crippen LogP contribution in [0.5, 0.6) is 0 Å². The highest BCUT2D eigenvalue weighted by Crippen LogP contribution is 2.33.